The van der Waals surface area contributed by atoms with Crippen LogP contribution in [0.2, 0.25) is 0 Å². The molecule has 0 unspecified atom stereocenters. The molecule has 0 aromatic heterocycles. The van der Waals surface area contributed by atoms with Crippen molar-refractivity contribution in [3.63, 3.8) is 0 Å². The third kappa shape index (κ3) is 3.29. The normalized spacial score (nSPS) is 12.1. The van der Waals surface area contributed by atoms with Gasteiger partial charge in [0.05, 0.1) is 5.56 Å². The van der Waals surface area contributed by atoms with Gasteiger partial charge in [0.2, 0.25) is 0 Å². The first-order chi connectivity index (χ1) is 8.16. The van der Waals surface area contributed by atoms with Crippen LogP contribution in [-0.4, -0.2) is 12.0 Å². The number of alkyl halides is 5. The second-order valence-corrected chi connectivity index (χ2v) is 3.12. The predicted molar refractivity (Wildman–Crippen MR) is 49.3 cm³/mol. The van der Waals surface area contributed by atoms with E-state index in [0.29, 0.717) is 12.1 Å². The van der Waals surface area contributed by atoms with E-state index in [1.54, 1.807) is 0 Å². The van der Waals surface area contributed by atoms with E-state index >= 15 is 0 Å². The Labute approximate surface area is 97.5 Å². The molecule has 0 spiro atoms. The zero-order chi connectivity index (χ0) is 14.0. The van der Waals surface area contributed by atoms with Crippen LogP contribution >= 0.6 is 0 Å². The van der Waals surface area contributed by atoms with Gasteiger partial charge in [-0.05, 0) is 18.2 Å². The molecular formula is C9H7F5N2O2. The Morgan fingerprint density at radius 3 is 2.33 bits per heavy atom. The average Bonchev–Trinajstić information content (AvgIpc) is 2.26. The molecule has 0 aliphatic carbocycles. The van der Waals surface area contributed by atoms with Crippen LogP contribution in [-0.2, 0) is 11.0 Å². The molecule has 3 N–H and O–H groups in total. The Kier molecular flexibility index (Phi) is 3.75. The molecule has 0 aliphatic rings. The second-order valence-electron chi connectivity index (χ2n) is 3.12. The third-order valence-corrected chi connectivity index (χ3v) is 1.80. The molecule has 1 rings (SSSR count). The Morgan fingerprint density at radius 2 is 1.83 bits per heavy atom. The molecule has 0 saturated heterocycles. The average molecular weight is 270 g/mol. The molecule has 0 atom stereocenters. The zero-order valence-corrected chi connectivity index (χ0v) is 8.59. The van der Waals surface area contributed by atoms with Gasteiger partial charge in [0.25, 0.3) is 0 Å². The third-order valence-electron chi connectivity index (χ3n) is 1.80. The number of ether oxygens (including phenoxy) is 1. The highest BCUT2D eigenvalue weighted by molar-refractivity contribution is 5.81. The van der Waals surface area contributed by atoms with Gasteiger partial charge in [0.15, 0.2) is 0 Å². The number of hydrogen-bond acceptors (Lipinski definition) is 3. The summed E-state index contributed by atoms with van der Waals surface area (Å²) in [5.41, 5.74) is -0.0427. The topological polar surface area (TPSA) is 64.3 Å². The van der Waals surface area contributed by atoms with E-state index in [4.69, 9.17) is 0 Å². The minimum Gasteiger partial charge on any atom is -0.425 e. The minimum absolute atomic E-state index is 0.345. The standard InChI is InChI=1S/C9H7F5N2O2/c10-8(11,12)5-2-1-3-6(4-5)18-9(13,14)7(17)16-15/h1-4H,15H2,(H,16,17). The number of rotatable bonds is 3. The fraction of sp³-hybridized carbons (Fsp3) is 0.222. The molecular weight excluding hydrogens is 263 g/mol. The van der Waals surface area contributed by atoms with Crippen LogP contribution in [0.1, 0.15) is 5.56 Å². The van der Waals surface area contributed by atoms with Crippen molar-refractivity contribution >= 4 is 5.91 Å². The molecule has 9 heteroatoms. The quantitative estimate of drug-likeness (QED) is 0.380. The molecule has 0 fully saturated rings. The van der Waals surface area contributed by atoms with Crippen LogP contribution in [0, 0.1) is 0 Å². The van der Waals surface area contributed by atoms with Crippen molar-refractivity contribution in [1.82, 2.24) is 5.43 Å². The van der Waals surface area contributed by atoms with Crippen molar-refractivity contribution in [2.75, 3.05) is 0 Å². The second kappa shape index (κ2) is 4.77. The maximum absolute atomic E-state index is 12.9. The molecule has 0 radical (unpaired) electrons. The van der Waals surface area contributed by atoms with E-state index in [-0.39, 0.29) is 0 Å². The van der Waals surface area contributed by atoms with E-state index in [1.165, 1.54) is 0 Å². The molecule has 1 amide bonds. The van der Waals surface area contributed by atoms with Gasteiger partial charge >= 0.3 is 18.2 Å². The first-order valence-corrected chi connectivity index (χ1v) is 4.42. The SMILES string of the molecule is NNC(=O)C(F)(F)Oc1cccc(C(F)(F)F)c1. The van der Waals surface area contributed by atoms with E-state index < -0.39 is 29.5 Å². The number of benzene rings is 1. The highest BCUT2D eigenvalue weighted by Gasteiger charge is 2.42. The molecule has 0 saturated carbocycles. The van der Waals surface area contributed by atoms with Crippen molar-refractivity contribution in [3.8, 4) is 5.75 Å². The molecule has 0 aliphatic heterocycles. The fourth-order valence-electron chi connectivity index (χ4n) is 1.01. The van der Waals surface area contributed by atoms with Gasteiger partial charge in [-0.1, -0.05) is 6.07 Å². The van der Waals surface area contributed by atoms with Gasteiger partial charge < -0.3 is 4.74 Å². The molecule has 4 nitrogen and oxygen atoms in total. The lowest BCUT2D eigenvalue weighted by Gasteiger charge is -2.16. The highest BCUT2D eigenvalue weighted by Crippen LogP contribution is 2.32. The first kappa shape index (κ1) is 14.2. The maximum Gasteiger partial charge on any atom is 0.483 e. The maximum atomic E-state index is 12.9. The Morgan fingerprint density at radius 1 is 1.22 bits per heavy atom. The summed E-state index contributed by atoms with van der Waals surface area (Å²) in [5.74, 6) is 1.69. The predicted octanol–water partition coefficient (Wildman–Crippen LogP) is 1.67. The number of hydrogen-bond donors (Lipinski definition) is 2. The number of halogens is 5. The summed E-state index contributed by atoms with van der Waals surface area (Å²) in [6, 6.07) is 2.74. The first-order valence-electron chi connectivity index (χ1n) is 4.42. The van der Waals surface area contributed by atoms with Crippen LogP contribution in [0.3, 0.4) is 0 Å². The van der Waals surface area contributed by atoms with Crippen LogP contribution in [0.25, 0.3) is 0 Å². The number of amides is 1. The molecule has 100 valence electrons. The van der Waals surface area contributed by atoms with Crippen LogP contribution in [0.4, 0.5) is 22.0 Å². The van der Waals surface area contributed by atoms with E-state index in [1.807, 2.05) is 0 Å². The summed E-state index contributed by atoms with van der Waals surface area (Å²) in [4.78, 5) is 10.6. The number of carbonyl (C=O) groups is 1. The van der Waals surface area contributed by atoms with Crippen molar-refractivity contribution in [1.29, 1.82) is 0 Å². The van der Waals surface area contributed by atoms with E-state index in [0.717, 1.165) is 17.6 Å². The van der Waals surface area contributed by atoms with Gasteiger partial charge in [-0.25, -0.2) is 5.84 Å². The summed E-state index contributed by atoms with van der Waals surface area (Å²) in [6.45, 7) is 0. The Bertz CT molecular complexity index is 447. The zero-order valence-electron chi connectivity index (χ0n) is 8.59. The number of hydrazine groups is 1. The van der Waals surface area contributed by atoms with E-state index in [2.05, 4.69) is 10.6 Å². The Balaban J connectivity index is 2.96. The van der Waals surface area contributed by atoms with Crippen molar-refractivity contribution < 1.29 is 31.5 Å². The number of nitrogens with one attached hydrogen (secondary N) is 1. The van der Waals surface area contributed by atoms with E-state index in [9.17, 15) is 26.7 Å². The molecule has 1 aromatic carbocycles. The summed E-state index contributed by atoms with van der Waals surface area (Å²) in [5, 5.41) is 0. The molecule has 0 bridgehead atoms. The van der Waals surface area contributed by atoms with Crippen LogP contribution in [0.15, 0.2) is 24.3 Å². The largest absolute Gasteiger partial charge is 0.483 e. The summed E-state index contributed by atoms with van der Waals surface area (Å²) in [7, 11) is 0. The van der Waals surface area contributed by atoms with Gasteiger partial charge in [-0.3, -0.25) is 10.2 Å². The lowest BCUT2D eigenvalue weighted by atomic mass is 10.2. The van der Waals surface area contributed by atoms with Crippen molar-refractivity contribution in [2.45, 2.75) is 12.3 Å². The van der Waals surface area contributed by atoms with Gasteiger partial charge in [-0.2, -0.15) is 22.0 Å². The van der Waals surface area contributed by atoms with Crippen LogP contribution < -0.4 is 16.0 Å². The minimum atomic E-state index is -4.70. The molecule has 1 aromatic rings. The number of carbonyl (C=O) groups excluding carboxylic acids is 1. The van der Waals surface area contributed by atoms with Crippen LogP contribution in [0.5, 0.6) is 5.75 Å². The Hall–Kier alpha value is -1.90. The van der Waals surface area contributed by atoms with Gasteiger partial charge in [-0.15, -0.1) is 0 Å². The molecule has 0 heterocycles. The van der Waals surface area contributed by atoms with Gasteiger partial charge in [0, 0.05) is 0 Å². The monoisotopic (exact) mass is 270 g/mol. The summed E-state index contributed by atoms with van der Waals surface area (Å²) in [6.07, 6.45) is -9.07. The smallest absolute Gasteiger partial charge is 0.425 e. The number of nitrogens with two attached hydrogens (primary N) is 1. The van der Waals surface area contributed by atoms with Gasteiger partial charge in [0.1, 0.15) is 5.75 Å². The van der Waals surface area contributed by atoms with Crippen molar-refractivity contribution in [2.24, 2.45) is 5.84 Å². The summed E-state index contributed by atoms with van der Waals surface area (Å²) >= 11 is 0. The lowest BCUT2D eigenvalue weighted by molar-refractivity contribution is -0.193. The van der Waals surface area contributed by atoms with Crippen molar-refractivity contribution in [3.05, 3.63) is 29.8 Å². The fourth-order valence-corrected chi connectivity index (χ4v) is 1.01. The summed E-state index contributed by atoms with van der Waals surface area (Å²) < 4.78 is 66.6. The lowest BCUT2D eigenvalue weighted by Crippen LogP contribution is -2.47. The highest BCUT2D eigenvalue weighted by atomic mass is 19.4. The molecule has 18 heavy (non-hydrogen) atoms.